The van der Waals surface area contributed by atoms with Crippen LogP contribution in [-0.4, -0.2) is 14.3 Å². The first-order valence-electron chi connectivity index (χ1n) is 5.62. The zero-order valence-electron chi connectivity index (χ0n) is 11.0. The van der Waals surface area contributed by atoms with E-state index in [1.807, 2.05) is 12.1 Å². The molecule has 0 spiro atoms. The summed E-state index contributed by atoms with van der Waals surface area (Å²) in [7, 11) is -2.03. The van der Waals surface area contributed by atoms with Gasteiger partial charge < -0.3 is 4.43 Å². The molecule has 0 bridgehead atoms. The number of hydrogen-bond acceptors (Lipinski definition) is 2. The van der Waals surface area contributed by atoms with Gasteiger partial charge in [0.1, 0.15) is 0 Å². The molecule has 1 rings (SSSR count). The van der Waals surface area contributed by atoms with Crippen LogP contribution in [0.25, 0.3) is 0 Å². The van der Waals surface area contributed by atoms with Crippen LogP contribution in [0, 0.1) is 0 Å². The maximum Gasteiger partial charge on any atom is 0.324 e. The first kappa shape index (κ1) is 14.4. The third-order valence-electron chi connectivity index (χ3n) is 3.21. The quantitative estimate of drug-likeness (QED) is 0.745. The van der Waals surface area contributed by atoms with Crippen molar-refractivity contribution < 1.29 is 9.22 Å². The van der Waals surface area contributed by atoms with Crippen LogP contribution in [0.4, 0.5) is 0 Å². The Morgan fingerprint density at radius 1 is 1.29 bits per heavy atom. The largest absolute Gasteiger partial charge is 0.516 e. The Balaban J connectivity index is 2.87. The summed E-state index contributed by atoms with van der Waals surface area (Å²) >= 11 is 3.35. The highest BCUT2D eigenvalue weighted by atomic mass is 79.9. The van der Waals surface area contributed by atoms with E-state index in [9.17, 15) is 4.79 Å². The molecule has 0 N–H and O–H groups in total. The third kappa shape index (κ3) is 3.68. The second-order valence-electron chi connectivity index (χ2n) is 5.66. The average Bonchev–Trinajstić information content (AvgIpc) is 2.15. The summed E-state index contributed by atoms with van der Waals surface area (Å²) in [5.41, 5.74) is 0.601. The number of halogens is 1. The van der Waals surface area contributed by atoms with E-state index in [1.165, 1.54) is 0 Å². The maximum atomic E-state index is 12.1. The number of hydrogen-bond donors (Lipinski definition) is 0. The summed E-state index contributed by atoms with van der Waals surface area (Å²) in [5, 5.41) is 0.0364. The van der Waals surface area contributed by atoms with Gasteiger partial charge in [-0.15, -0.1) is 0 Å². The lowest BCUT2D eigenvalue weighted by atomic mass is 10.2. The molecule has 0 aliphatic carbocycles. The predicted molar refractivity (Wildman–Crippen MR) is 76.8 cm³/mol. The minimum atomic E-state index is -2.03. The molecule has 0 aliphatic rings. The fourth-order valence-corrected chi connectivity index (χ4v) is 2.35. The topological polar surface area (TPSA) is 26.3 Å². The van der Waals surface area contributed by atoms with Crippen molar-refractivity contribution in [2.24, 2.45) is 0 Å². The molecule has 0 aromatic heterocycles. The molecule has 0 radical (unpaired) electrons. The van der Waals surface area contributed by atoms with Gasteiger partial charge in [0.15, 0.2) is 0 Å². The summed E-state index contributed by atoms with van der Waals surface area (Å²) in [5.74, 6) is -0.224. The molecule has 4 heteroatoms. The van der Waals surface area contributed by atoms with E-state index in [-0.39, 0.29) is 11.0 Å². The van der Waals surface area contributed by atoms with Gasteiger partial charge in [0.05, 0.1) is 5.56 Å². The standard InChI is InChI=1S/C13H19BrO2Si/c1-13(2,3)17(4,5)16-12(15)10-7-6-8-11(14)9-10/h6-9H,1-5H3. The molecule has 0 aliphatic heterocycles. The van der Waals surface area contributed by atoms with Crippen LogP contribution in [0.3, 0.4) is 0 Å². The van der Waals surface area contributed by atoms with Crippen molar-refractivity contribution in [2.45, 2.75) is 38.9 Å². The molecule has 1 aromatic rings. The van der Waals surface area contributed by atoms with Crippen LogP contribution in [0.2, 0.25) is 18.1 Å². The minimum Gasteiger partial charge on any atom is -0.516 e. The van der Waals surface area contributed by atoms with Gasteiger partial charge in [-0.05, 0) is 36.3 Å². The summed E-state index contributed by atoms with van der Waals surface area (Å²) in [4.78, 5) is 12.1. The molecule has 0 saturated carbocycles. The van der Waals surface area contributed by atoms with Gasteiger partial charge in [-0.25, -0.2) is 4.79 Å². The zero-order valence-corrected chi connectivity index (χ0v) is 13.6. The molecule has 0 atom stereocenters. The van der Waals surface area contributed by atoms with Gasteiger partial charge in [-0.1, -0.05) is 42.8 Å². The lowest BCUT2D eigenvalue weighted by Crippen LogP contribution is -2.42. The van der Waals surface area contributed by atoms with Crippen LogP contribution in [-0.2, 0) is 4.43 Å². The molecular weight excluding hydrogens is 296 g/mol. The van der Waals surface area contributed by atoms with Gasteiger partial charge >= 0.3 is 5.97 Å². The summed E-state index contributed by atoms with van der Waals surface area (Å²) in [6, 6.07) is 7.30. The van der Waals surface area contributed by atoms with Crippen LogP contribution in [0.1, 0.15) is 31.1 Å². The van der Waals surface area contributed by atoms with E-state index in [1.54, 1.807) is 12.1 Å². The van der Waals surface area contributed by atoms with E-state index in [0.29, 0.717) is 5.56 Å². The van der Waals surface area contributed by atoms with E-state index in [2.05, 4.69) is 49.8 Å². The Bertz CT molecular complexity index is 422. The number of benzene rings is 1. The van der Waals surface area contributed by atoms with Crippen LogP contribution in [0.15, 0.2) is 28.7 Å². The molecule has 17 heavy (non-hydrogen) atoms. The number of rotatable bonds is 2. The first-order chi connectivity index (χ1) is 7.63. The van der Waals surface area contributed by atoms with Crippen molar-refractivity contribution in [1.29, 1.82) is 0 Å². The molecule has 1 aromatic carbocycles. The third-order valence-corrected chi connectivity index (χ3v) is 8.02. The lowest BCUT2D eigenvalue weighted by Gasteiger charge is -2.35. The van der Waals surface area contributed by atoms with Crippen LogP contribution in [0.5, 0.6) is 0 Å². The predicted octanol–water partition coefficient (Wildman–Crippen LogP) is 4.61. The Hall–Kier alpha value is -0.613. The van der Waals surface area contributed by atoms with E-state index in [4.69, 9.17) is 4.43 Å². The van der Waals surface area contributed by atoms with Gasteiger partial charge in [0.25, 0.3) is 8.32 Å². The van der Waals surface area contributed by atoms with Crippen molar-refractivity contribution in [3.05, 3.63) is 34.3 Å². The zero-order chi connectivity index (χ0) is 13.3. The lowest BCUT2D eigenvalue weighted by molar-refractivity contribution is 0.0712. The summed E-state index contributed by atoms with van der Waals surface area (Å²) < 4.78 is 6.61. The first-order valence-corrected chi connectivity index (χ1v) is 9.32. The molecule has 0 fully saturated rings. The number of carbonyl (C=O) groups is 1. The van der Waals surface area contributed by atoms with Gasteiger partial charge in [-0.3, -0.25) is 0 Å². The van der Waals surface area contributed by atoms with Crippen molar-refractivity contribution in [3.63, 3.8) is 0 Å². The highest BCUT2D eigenvalue weighted by molar-refractivity contribution is 9.10. The van der Waals surface area contributed by atoms with Gasteiger partial charge in [0, 0.05) is 4.47 Å². The van der Waals surface area contributed by atoms with Crippen LogP contribution >= 0.6 is 15.9 Å². The molecule has 0 saturated heterocycles. The van der Waals surface area contributed by atoms with Crippen LogP contribution < -0.4 is 0 Å². The monoisotopic (exact) mass is 314 g/mol. The SMILES string of the molecule is CC(C)(C)[Si](C)(C)OC(=O)c1cccc(Br)c1. The summed E-state index contributed by atoms with van der Waals surface area (Å²) in [6.45, 7) is 10.5. The molecule has 0 amide bonds. The fraction of sp³-hybridized carbons (Fsp3) is 0.462. The average molecular weight is 315 g/mol. The molecular formula is C13H19BrO2Si. The molecule has 0 heterocycles. The van der Waals surface area contributed by atoms with Gasteiger partial charge in [-0.2, -0.15) is 0 Å². The molecule has 2 nitrogen and oxygen atoms in total. The maximum absolute atomic E-state index is 12.1. The Morgan fingerprint density at radius 3 is 2.35 bits per heavy atom. The Morgan fingerprint density at radius 2 is 1.88 bits per heavy atom. The smallest absolute Gasteiger partial charge is 0.324 e. The second kappa shape index (κ2) is 4.94. The molecule has 94 valence electrons. The van der Waals surface area contributed by atoms with E-state index in [0.717, 1.165) is 4.47 Å². The second-order valence-corrected chi connectivity index (χ2v) is 11.3. The Labute approximate surface area is 113 Å². The number of carbonyl (C=O) groups excluding carboxylic acids is 1. The van der Waals surface area contributed by atoms with Crippen molar-refractivity contribution in [3.8, 4) is 0 Å². The van der Waals surface area contributed by atoms with E-state index >= 15 is 0 Å². The Kier molecular flexibility index (Phi) is 4.20. The van der Waals surface area contributed by atoms with E-state index < -0.39 is 8.32 Å². The van der Waals surface area contributed by atoms with Crippen molar-refractivity contribution in [1.82, 2.24) is 0 Å². The van der Waals surface area contributed by atoms with Gasteiger partial charge in [0.2, 0.25) is 0 Å². The highest BCUT2D eigenvalue weighted by Crippen LogP contribution is 2.37. The fourth-order valence-electron chi connectivity index (χ4n) is 1.06. The summed E-state index contributed by atoms with van der Waals surface area (Å²) in [6.07, 6.45) is 0. The minimum absolute atomic E-state index is 0.0364. The van der Waals surface area contributed by atoms with Crippen molar-refractivity contribution >= 4 is 30.2 Å². The highest BCUT2D eigenvalue weighted by Gasteiger charge is 2.40. The molecule has 0 unspecified atom stereocenters. The van der Waals surface area contributed by atoms with Crippen molar-refractivity contribution in [2.75, 3.05) is 0 Å². The normalized spacial score (nSPS) is 12.4.